The lowest BCUT2D eigenvalue weighted by Gasteiger charge is -2.13. The summed E-state index contributed by atoms with van der Waals surface area (Å²) in [6.45, 7) is 0. The average Bonchev–Trinajstić information content (AvgIpc) is 2.46. The molecule has 1 aliphatic rings. The molecule has 19 heavy (non-hydrogen) atoms. The van der Waals surface area contributed by atoms with Crippen LogP contribution in [0.4, 0.5) is 5.69 Å². The first-order valence-electron chi connectivity index (χ1n) is 6.79. The van der Waals surface area contributed by atoms with Crippen LogP contribution >= 0.6 is 0 Å². The third kappa shape index (κ3) is 3.48. The average molecular weight is 252 g/mol. The molecule has 0 fully saturated rings. The van der Waals surface area contributed by atoms with Crippen molar-refractivity contribution in [3.8, 4) is 6.07 Å². The molecule has 0 N–H and O–H groups in total. The summed E-state index contributed by atoms with van der Waals surface area (Å²) in [5.41, 5.74) is 4.30. The molecule has 98 valence electrons. The van der Waals surface area contributed by atoms with E-state index in [2.05, 4.69) is 41.3 Å². The monoisotopic (exact) mass is 252 g/mol. The normalized spacial score (nSPS) is 15.6. The van der Waals surface area contributed by atoms with Crippen LogP contribution in [-0.4, -0.2) is 14.1 Å². The Balaban J connectivity index is 2.23. The second kappa shape index (κ2) is 6.24. The maximum atomic E-state index is 9.32. The van der Waals surface area contributed by atoms with E-state index in [9.17, 15) is 5.26 Å². The van der Waals surface area contributed by atoms with Crippen LogP contribution < -0.4 is 4.90 Å². The zero-order valence-corrected chi connectivity index (χ0v) is 11.7. The van der Waals surface area contributed by atoms with E-state index in [0.29, 0.717) is 0 Å². The van der Waals surface area contributed by atoms with Crippen LogP contribution in [0, 0.1) is 11.3 Å². The second-order valence-corrected chi connectivity index (χ2v) is 5.13. The molecule has 0 heterocycles. The Bertz CT molecular complexity index is 527. The fourth-order valence-electron chi connectivity index (χ4n) is 2.31. The van der Waals surface area contributed by atoms with E-state index < -0.39 is 0 Å². The van der Waals surface area contributed by atoms with Crippen LogP contribution in [0.1, 0.15) is 31.2 Å². The minimum absolute atomic E-state index is 0.817. The van der Waals surface area contributed by atoms with Gasteiger partial charge in [0.05, 0.1) is 11.6 Å². The fraction of sp³-hybridized carbons (Fsp3) is 0.353. The predicted octanol–water partition coefficient (Wildman–Crippen LogP) is 4.16. The summed E-state index contributed by atoms with van der Waals surface area (Å²) in [5.74, 6) is 0. The highest BCUT2D eigenvalue weighted by atomic mass is 15.1. The smallest absolute Gasteiger partial charge is 0.0994 e. The standard InChI is InChI=1S/C17H20N2/c1-19(2)17-10-8-14(9-11-17)12-16(13-18)15-6-4-3-5-7-15/h6,8-12H,3-5,7H2,1-2H3. The molecule has 0 radical (unpaired) electrons. The zero-order chi connectivity index (χ0) is 13.7. The molecular formula is C17H20N2. The Morgan fingerprint density at radius 2 is 1.95 bits per heavy atom. The van der Waals surface area contributed by atoms with Gasteiger partial charge in [0.15, 0.2) is 0 Å². The minimum atomic E-state index is 0.817. The first kappa shape index (κ1) is 13.4. The lowest BCUT2D eigenvalue weighted by atomic mass is 9.93. The second-order valence-electron chi connectivity index (χ2n) is 5.13. The maximum Gasteiger partial charge on any atom is 0.0994 e. The number of nitriles is 1. The van der Waals surface area contributed by atoms with Gasteiger partial charge in [-0.25, -0.2) is 0 Å². The molecular weight excluding hydrogens is 232 g/mol. The van der Waals surface area contributed by atoms with Crippen LogP contribution in [0.15, 0.2) is 41.5 Å². The molecule has 0 aliphatic heterocycles. The van der Waals surface area contributed by atoms with Gasteiger partial charge in [0, 0.05) is 19.8 Å². The number of nitrogens with zero attached hydrogens (tertiary/aromatic N) is 2. The molecule has 2 nitrogen and oxygen atoms in total. The van der Waals surface area contributed by atoms with Gasteiger partial charge in [-0.2, -0.15) is 5.26 Å². The van der Waals surface area contributed by atoms with E-state index >= 15 is 0 Å². The summed E-state index contributed by atoms with van der Waals surface area (Å²) in [5, 5.41) is 9.32. The molecule has 0 saturated carbocycles. The number of benzene rings is 1. The predicted molar refractivity (Wildman–Crippen MR) is 80.9 cm³/mol. The van der Waals surface area contributed by atoms with Gasteiger partial charge in [-0.1, -0.05) is 18.2 Å². The lowest BCUT2D eigenvalue weighted by molar-refractivity contribution is 0.709. The van der Waals surface area contributed by atoms with Crippen molar-refractivity contribution < 1.29 is 0 Å². The van der Waals surface area contributed by atoms with E-state index in [1.807, 2.05) is 20.2 Å². The summed E-state index contributed by atoms with van der Waals surface area (Å²) in [7, 11) is 4.05. The number of allylic oxidation sites excluding steroid dienone is 3. The first-order chi connectivity index (χ1) is 9.20. The molecule has 1 aromatic rings. The summed E-state index contributed by atoms with van der Waals surface area (Å²) < 4.78 is 0. The van der Waals surface area contributed by atoms with Crippen molar-refractivity contribution in [3.05, 3.63) is 47.1 Å². The van der Waals surface area contributed by atoms with E-state index in [-0.39, 0.29) is 0 Å². The third-order valence-corrected chi connectivity index (χ3v) is 3.48. The largest absolute Gasteiger partial charge is 0.378 e. The molecule has 0 saturated heterocycles. The molecule has 2 heteroatoms. The Morgan fingerprint density at radius 1 is 1.21 bits per heavy atom. The van der Waals surface area contributed by atoms with Gasteiger partial charge in [-0.15, -0.1) is 0 Å². The van der Waals surface area contributed by atoms with Gasteiger partial charge in [0.25, 0.3) is 0 Å². The Kier molecular flexibility index (Phi) is 4.41. The maximum absolute atomic E-state index is 9.32. The van der Waals surface area contributed by atoms with Crippen molar-refractivity contribution in [2.45, 2.75) is 25.7 Å². The van der Waals surface area contributed by atoms with Crippen molar-refractivity contribution in [2.24, 2.45) is 0 Å². The van der Waals surface area contributed by atoms with Crippen LogP contribution in [-0.2, 0) is 0 Å². The zero-order valence-electron chi connectivity index (χ0n) is 11.7. The third-order valence-electron chi connectivity index (χ3n) is 3.48. The molecule has 0 spiro atoms. The fourth-order valence-corrected chi connectivity index (χ4v) is 2.31. The van der Waals surface area contributed by atoms with Crippen molar-refractivity contribution in [1.82, 2.24) is 0 Å². The van der Waals surface area contributed by atoms with Gasteiger partial charge in [0.1, 0.15) is 0 Å². The highest BCUT2D eigenvalue weighted by molar-refractivity contribution is 5.65. The molecule has 1 aliphatic carbocycles. The van der Waals surface area contributed by atoms with Gasteiger partial charge in [-0.3, -0.25) is 0 Å². The Labute approximate surface area is 115 Å². The Morgan fingerprint density at radius 3 is 2.47 bits per heavy atom. The van der Waals surface area contributed by atoms with Crippen LogP contribution in [0.3, 0.4) is 0 Å². The van der Waals surface area contributed by atoms with Crippen molar-refractivity contribution in [2.75, 3.05) is 19.0 Å². The topological polar surface area (TPSA) is 27.0 Å². The van der Waals surface area contributed by atoms with E-state index in [1.165, 1.54) is 24.1 Å². The minimum Gasteiger partial charge on any atom is -0.378 e. The van der Waals surface area contributed by atoms with Gasteiger partial charge in [-0.05, 0) is 55.0 Å². The number of anilines is 1. The summed E-state index contributed by atoms with van der Waals surface area (Å²) in [6, 6.07) is 10.6. The van der Waals surface area contributed by atoms with Crippen molar-refractivity contribution in [3.63, 3.8) is 0 Å². The van der Waals surface area contributed by atoms with Gasteiger partial charge in [0.2, 0.25) is 0 Å². The van der Waals surface area contributed by atoms with Crippen molar-refractivity contribution >= 4 is 11.8 Å². The summed E-state index contributed by atoms with van der Waals surface area (Å²) >= 11 is 0. The molecule has 0 amide bonds. The van der Waals surface area contributed by atoms with Crippen molar-refractivity contribution in [1.29, 1.82) is 5.26 Å². The number of hydrogen-bond acceptors (Lipinski definition) is 2. The lowest BCUT2D eigenvalue weighted by Crippen LogP contribution is -2.07. The molecule has 0 unspecified atom stereocenters. The van der Waals surface area contributed by atoms with E-state index in [1.54, 1.807) is 0 Å². The number of rotatable bonds is 3. The van der Waals surface area contributed by atoms with Gasteiger partial charge < -0.3 is 4.90 Å². The SMILES string of the molecule is CN(C)c1ccc(C=C(C#N)C2=CCCCC2)cc1. The molecule has 0 bridgehead atoms. The highest BCUT2D eigenvalue weighted by Gasteiger charge is 2.08. The highest BCUT2D eigenvalue weighted by Crippen LogP contribution is 2.25. The summed E-state index contributed by atoms with van der Waals surface area (Å²) in [4.78, 5) is 2.07. The first-order valence-corrected chi connectivity index (χ1v) is 6.79. The molecule has 0 aromatic heterocycles. The van der Waals surface area contributed by atoms with Crippen LogP contribution in [0.25, 0.3) is 6.08 Å². The van der Waals surface area contributed by atoms with Gasteiger partial charge >= 0.3 is 0 Å². The quantitative estimate of drug-likeness (QED) is 0.755. The number of hydrogen-bond donors (Lipinski definition) is 0. The molecule has 2 rings (SSSR count). The summed E-state index contributed by atoms with van der Waals surface area (Å²) in [6.07, 6.45) is 8.80. The van der Waals surface area contributed by atoms with Crippen LogP contribution in [0.5, 0.6) is 0 Å². The molecule has 0 atom stereocenters. The molecule has 1 aromatic carbocycles. The Hall–Kier alpha value is -2.01. The van der Waals surface area contributed by atoms with E-state index in [4.69, 9.17) is 0 Å². The van der Waals surface area contributed by atoms with Crippen LogP contribution in [0.2, 0.25) is 0 Å². The van der Waals surface area contributed by atoms with E-state index in [0.717, 1.165) is 24.0 Å².